The van der Waals surface area contributed by atoms with Crippen LogP contribution in [0.4, 0.5) is 0 Å². The number of benzene rings is 1. The highest BCUT2D eigenvalue weighted by Crippen LogP contribution is 2.32. The van der Waals surface area contributed by atoms with Crippen LogP contribution >= 0.6 is 31.9 Å². The summed E-state index contributed by atoms with van der Waals surface area (Å²) in [6.07, 6.45) is 2.73. The van der Waals surface area contributed by atoms with Crippen LogP contribution in [0.15, 0.2) is 27.2 Å². The third kappa shape index (κ3) is 3.35. The predicted octanol–water partition coefficient (Wildman–Crippen LogP) is 3.10. The van der Waals surface area contributed by atoms with Gasteiger partial charge in [-0.3, -0.25) is 0 Å². The molecule has 0 bridgehead atoms. The van der Waals surface area contributed by atoms with Crippen molar-refractivity contribution < 1.29 is 14.6 Å². The zero-order valence-electron chi connectivity index (χ0n) is 7.83. The van der Waals surface area contributed by atoms with Crippen LogP contribution in [0.3, 0.4) is 0 Å². The molecule has 0 unspecified atom stereocenters. The minimum Gasteiger partial charge on any atom is -0.506 e. The van der Waals surface area contributed by atoms with E-state index in [4.69, 9.17) is 0 Å². The average Bonchev–Trinajstić information content (AvgIpc) is 2.20. The molecule has 0 amide bonds. The molecule has 1 rings (SSSR count). The Morgan fingerprint density at radius 2 is 2.13 bits per heavy atom. The van der Waals surface area contributed by atoms with Crippen molar-refractivity contribution in [3.05, 3.63) is 32.7 Å². The smallest absolute Gasteiger partial charge is 0.330 e. The van der Waals surface area contributed by atoms with Crippen molar-refractivity contribution >= 4 is 43.9 Å². The lowest BCUT2D eigenvalue weighted by Crippen LogP contribution is -1.93. The third-order valence-electron chi connectivity index (χ3n) is 1.66. The highest BCUT2D eigenvalue weighted by molar-refractivity contribution is 9.11. The lowest BCUT2D eigenvalue weighted by Gasteiger charge is -2.02. The number of ether oxygens (including phenoxy) is 1. The highest BCUT2D eigenvalue weighted by Gasteiger charge is 2.05. The first-order valence-electron chi connectivity index (χ1n) is 3.98. The molecule has 0 fully saturated rings. The summed E-state index contributed by atoms with van der Waals surface area (Å²) in [6, 6.07) is 3.41. The average molecular weight is 336 g/mol. The molecule has 0 aliphatic rings. The largest absolute Gasteiger partial charge is 0.506 e. The molecule has 1 N–H and O–H groups in total. The monoisotopic (exact) mass is 334 g/mol. The van der Waals surface area contributed by atoms with E-state index in [9.17, 15) is 9.90 Å². The molecule has 0 aliphatic carbocycles. The molecular formula is C10H8Br2O3. The Morgan fingerprint density at radius 1 is 1.47 bits per heavy atom. The summed E-state index contributed by atoms with van der Waals surface area (Å²) in [5.74, 6) is -0.385. The number of halogens is 2. The van der Waals surface area contributed by atoms with Gasteiger partial charge in [0, 0.05) is 16.1 Å². The fourth-order valence-corrected chi connectivity index (χ4v) is 2.20. The zero-order chi connectivity index (χ0) is 11.4. The minimum atomic E-state index is -0.467. The fourth-order valence-electron chi connectivity index (χ4n) is 0.939. The number of aromatic hydroxyl groups is 1. The van der Waals surface area contributed by atoms with Crippen molar-refractivity contribution in [3.8, 4) is 5.75 Å². The Kier molecular flexibility index (Phi) is 4.35. The standard InChI is InChI=1S/C10H8Br2O3/c1-15-9(13)3-2-6-4-7(11)5-8(12)10(6)14/h2-5,14H,1H3. The van der Waals surface area contributed by atoms with E-state index in [2.05, 4.69) is 36.6 Å². The molecule has 0 aromatic heterocycles. The fraction of sp³-hybridized carbons (Fsp3) is 0.100. The van der Waals surface area contributed by atoms with Crippen LogP contribution in [0.25, 0.3) is 6.08 Å². The SMILES string of the molecule is COC(=O)C=Cc1cc(Br)cc(Br)c1O. The number of carbonyl (C=O) groups is 1. The summed E-state index contributed by atoms with van der Waals surface area (Å²) in [6.45, 7) is 0. The van der Waals surface area contributed by atoms with Gasteiger partial charge in [0.1, 0.15) is 5.75 Å². The van der Waals surface area contributed by atoms with Gasteiger partial charge in [-0.2, -0.15) is 0 Å². The summed E-state index contributed by atoms with van der Waals surface area (Å²) >= 11 is 6.47. The first-order chi connectivity index (χ1) is 7.04. The molecule has 0 atom stereocenters. The zero-order valence-corrected chi connectivity index (χ0v) is 11.0. The van der Waals surface area contributed by atoms with Gasteiger partial charge < -0.3 is 9.84 Å². The van der Waals surface area contributed by atoms with Crippen molar-refractivity contribution in [2.45, 2.75) is 0 Å². The third-order valence-corrected chi connectivity index (χ3v) is 2.72. The topological polar surface area (TPSA) is 46.5 Å². The molecule has 3 nitrogen and oxygen atoms in total. The molecular weight excluding hydrogens is 328 g/mol. The maximum absolute atomic E-state index is 10.9. The first-order valence-corrected chi connectivity index (χ1v) is 5.57. The van der Waals surface area contributed by atoms with E-state index in [1.807, 2.05) is 0 Å². The van der Waals surface area contributed by atoms with Crippen molar-refractivity contribution in [1.29, 1.82) is 0 Å². The normalized spacial score (nSPS) is 10.6. The number of carbonyl (C=O) groups excluding carboxylic acids is 1. The molecule has 0 heterocycles. The van der Waals surface area contributed by atoms with E-state index in [0.717, 1.165) is 4.47 Å². The van der Waals surface area contributed by atoms with Gasteiger partial charge in [-0.1, -0.05) is 15.9 Å². The van der Waals surface area contributed by atoms with Crippen molar-refractivity contribution in [1.82, 2.24) is 0 Å². The molecule has 0 radical (unpaired) electrons. The van der Waals surface area contributed by atoms with Gasteiger partial charge in [-0.15, -0.1) is 0 Å². The lowest BCUT2D eigenvalue weighted by molar-refractivity contribution is -0.134. The van der Waals surface area contributed by atoms with Gasteiger partial charge in [0.2, 0.25) is 0 Å². The highest BCUT2D eigenvalue weighted by atomic mass is 79.9. The lowest BCUT2D eigenvalue weighted by atomic mass is 10.2. The van der Waals surface area contributed by atoms with Gasteiger partial charge in [-0.05, 0) is 34.1 Å². The van der Waals surface area contributed by atoms with E-state index in [-0.39, 0.29) is 5.75 Å². The summed E-state index contributed by atoms with van der Waals surface area (Å²) in [5, 5.41) is 9.64. The van der Waals surface area contributed by atoms with Crippen LogP contribution in [0.1, 0.15) is 5.56 Å². The van der Waals surface area contributed by atoms with Crippen molar-refractivity contribution in [2.75, 3.05) is 7.11 Å². The van der Waals surface area contributed by atoms with Crippen LogP contribution in [-0.2, 0) is 9.53 Å². The van der Waals surface area contributed by atoms with Crippen LogP contribution in [0, 0.1) is 0 Å². The van der Waals surface area contributed by atoms with Crippen molar-refractivity contribution in [2.24, 2.45) is 0 Å². The van der Waals surface area contributed by atoms with Gasteiger partial charge >= 0.3 is 5.97 Å². The van der Waals surface area contributed by atoms with Gasteiger partial charge in [0.25, 0.3) is 0 Å². The second-order valence-electron chi connectivity index (χ2n) is 2.68. The molecule has 80 valence electrons. The second-order valence-corrected chi connectivity index (χ2v) is 4.45. The molecule has 1 aromatic rings. The van der Waals surface area contributed by atoms with Gasteiger partial charge in [-0.25, -0.2) is 4.79 Å². The van der Waals surface area contributed by atoms with Crippen molar-refractivity contribution in [3.63, 3.8) is 0 Å². The molecule has 15 heavy (non-hydrogen) atoms. The second kappa shape index (κ2) is 5.32. The Labute approximate surface area is 104 Å². The molecule has 0 aliphatic heterocycles. The van der Waals surface area contributed by atoms with E-state index in [1.54, 1.807) is 12.1 Å². The van der Waals surface area contributed by atoms with Crippen LogP contribution in [0.2, 0.25) is 0 Å². The van der Waals surface area contributed by atoms with Crippen LogP contribution in [-0.4, -0.2) is 18.2 Å². The number of hydrogen-bond acceptors (Lipinski definition) is 3. The number of rotatable bonds is 2. The molecule has 1 aromatic carbocycles. The first kappa shape index (κ1) is 12.3. The summed E-state index contributed by atoms with van der Waals surface area (Å²) in [7, 11) is 1.29. The van der Waals surface area contributed by atoms with Gasteiger partial charge in [0.05, 0.1) is 11.6 Å². The minimum absolute atomic E-state index is 0.0818. The Morgan fingerprint density at radius 3 is 2.73 bits per heavy atom. The van der Waals surface area contributed by atoms with Crippen LogP contribution in [0.5, 0.6) is 5.75 Å². The number of esters is 1. The maximum atomic E-state index is 10.9. The number of methoxy groups -OCH3 is 1. The van der Waals surface area contributed by atoms with Crippen LogP contribution < -0.4 is 0 Å². The Bertz CT molecular complexity index is 413. The number of phenols is 1. The summed E-state index contributed by atoms with van der Waals surface area (Å²) < 4.78 is 5.80. The summed E-state index contributed by atoms with van der Waals surface area (Å²) in [4.78, 5) is 10.9. The van der Waals surface area contributed by atoms with E-state index in [0.29, 0.717) is 10.0 Å². The quantitative estimate of drug-likeness (QED) is 0.667. The number of hydrogen-bond donors (Lipinski definition) is 1. The maximum Gasteiger partial charge on any atom is 0.330 e. The molecule has 0 saturated heterocycles. The van der Waals surface area contributed by atoms with E-state index in [1.165, 1.54) is 19.3 Å². The molecule has 5 heteroatoms. The molecule has 0 saturated carbocycles. The Hall–Kier alpha value is -0.810. The van der Waals surface area contributed by atoms with Gasteiger partial charge in [0.15, 0.2) is 0 Å². The Balaban J connectivity index is 3.04. The van der Waals surface area contributed by atoms with E-state index < -0.39 is 5.97 Å². The molecule has 0 spiro atoms. The summed E-state index contributed by atoms with van der Waals surface area (Å²) in [5.41, 5.74) is 0.529. The van der Waals surface area contributed by atoms with E-state index >= 15 is 0 Å². The predicted molar refractivity (Wildman–Crippen MR) is 64.6 cm³/mol. The number of phenolic OH excluding ortho intramolecular Hbond substituents is 1.